The molecule has 0 saturated heterocycles. The molecule has 6 heteroatoms. The van der Waals surface area contributed by atoms with Gasteiger partial charge in [-0.2, -0.15) is 5.10 Å². The number of aromatic nitrogens is 2. The lowest BCUT2D eigenvalue weighted by Crippen LogP contribution is -2.09. The predicted molar refractivity (Wildman–Crippen MR) is 72.3 cm³/mol. The summed E-state index contributed by atoms with van der Waals surface area (Å²) in [6.07, 6.45) is 0.172. The largest absolute Gasteiger partial charge is 0.457 e. The van der Waals surface area contributed by atoms with E-state index >= 15 is 0 Å². The summed E-state index contributed by atoms with van der Waals surface area (Å²) in [4.78, 5) is 12.1. The highest BCUT2D eigenvalue weighted by molar-refractivity contribution is 6.32. The Bertz CT molecular complexity index is 601. The van der Waals surface area contributed by atoms with Gasteiger partial charge in [0.1, 0.15) is 5.76 Å². The first-order chi connectivity index (χ1) is 9.06. The second-order valence-corrected chi connectivity index (χ2v) is 4.61. The smallest absolute Gasteiger partial charge is 0.203 e. The zero-order valence-corrected chi connectivity index (χ0v) is 11.7. The predicted octanol–water partition coefficient (Wildman–Crippen LogP) is 2.34. The third kappa shape index (κ3) is 2.72. The summed E-state index contributed by atoms with van der Waals surface area (Å²) in [5, 5.41) is 4.82. The molecule has 0 aliphatic carbocycles. The Kier molecular flexibility index (Phi) is 4.07. The lowest BCUT2D eigenvalue weighted by Gasteiger charge is -2.03. The van der Waals surface area contributed by atoms with Crippen LogP contribution in [0.4, 0.5) is 0 Å². The van der Waals surface area contributed by atoms with Gasteiger partial charge in [-0.25, -0.2) is 0 Å². The van der Waals surface area contributed by atoms with Crippen molar-refractivity contribution < 1.29 is 9.21 Å². The van der Waals surface area contributed by atoms with E-state index in [0.717, 1.165) is 11.4 Å². The number of aryl methyl sites for hydroxylation is 2. The van der Waals surface area contributed by atoms with Crippen LogP contribution in [0.15, 0.2) is 16.5 Å². The number of Topliss-reactive ketones (excluding diaryl/α,β-unsaturated/α-hetero) is 1. The molecule has 0 saturated carbocycles. The zero-order valence-electron chi connectivity index (χ0n) is 10.9. The van der Waals surface area contributed by atoms with Crippen LogP contribution in [0.5, 0.6) is 0 Å². The van der Waals surface area contributed by atoms with Crippen molar-refractivity contribution in [3.05, 3.63) is 40.1 Å². The van der Waals surface area contributed by atoms with E-state index in [0.29, 0.717) is 23.1 Å². The van der Waals surface area contributed by atoms with Gasteiger partial charge in [-0.3, -0.25) is 9.48 Å². The quantitative estimate of drug-likeness (QED) is 0.854. The first kappa shape index (κ1) is 13.8. The molecule has 0 radical (unpaired) electrons. The van der Waals surface area contributed by atoms with Crippen molar-refractivity contribution in [2.45, 2.75) is 33.4 Å². The van der Waals surface area contributed by atoms with Crippen LogP contribution < -0.4 is 5.73 Å². The Labute approximate surface area is 116 Å². The first-order valence-electron chi connectivity index (χ1n) is 6.10. The summed E-state index contributed by atoms with van der Waals surface area (Å²) in [6, 6.07) is 3.34. The van der Waals surface area contributed by atoms with Crippen LogP contribution in [-0.2, 0) is 19.5 Å². The number of halogens is 1. The van der Waals surface area contributed by atoms with Crippen LogP contribution in [-0.4, -0.2) is 15.6 Å². The molecule has 0 bridgehead atoms. The van der Waals surface area contributed by atoms with Gasteiger partial charge in [-0.05, 0) is 26.0 Å². The topological polar surface area (TPSA) is 74.0 Å². The maximum atomic E-state index is 12.1. The molecule has 2 heterocycles. The fourth-order valence-electron chi connectivity index (χ4n) is 1.91. The summed E-state index contributed by atoms with van der Waals surface area (Å²) < 4.78 is 7.08. The van der Waals surface area contributed by atoms with Gasteiger partial charge in [0.15, 0.2) is 5.76 Å². The van der Waals surface area contributed by atoms with Gasteiger partial charge >= 0.3 is 0 Å². The second-order valence-electron chi connectivity index (χ2n) is 4.23. The van der Waals surface area contributed by atoms with Gasteiger partial charge in [0, 0.05) is 6.54 Å². The maximum absolute atomic E-state index is 12.1. The highest BCUT2D eigenvalue weighted by atomic mass is 35.5. The number of hydrogen-bond donors (Lipinski definition) is 1. The molecule has 0 amide bonds. The van der Waals surface area contributed by atoms with E-state index < -0.39 is 0 Å². The number of rotatable bonds is 5. The van der Waals surface area contributed by atoms with E-state index in [1.165, 1.54) is 0 Å². The van der Waals surface area contributed by atoms with Gasteiger partial charge in [0.25, 0.3) is 0 Å². The van der Waals surface area contributed by atoms with E-state index in [2.05, 4.69) is 5.10 Å². The number of carbonyl (C=O) groups is 1. The van der Waals surface area contributed by atoms with Crippen LogP contribution in [0.3, 0.4) is 0 Å². The summed E-state index contributed by atoms with van der Waals surface area (Å²) in [5.41, 5.74) is 6.90. The third-order valence-corrected chi connectivity index (χ3v) is 3.41. The summed E-state index contributed by atoms with van der Waals surface area (Å²) >= 11 is 6.17. The molecule has 0 fully saturated rings. The molecule has 2 rings (SSSR count). The molecule has 2 aromatic heterocycles. The number of furan rings is 1. The fourth-order valence-corrected chi connectivity index (χ4v) is 2.12. The molecular weight excluding hydrogens is 266 g/mol. The molecule has 0 spiro atoms. The average Bonchev–Trinajstić information content (AvgIpc) is 2.98. The first-order valence-corrected chi connectivity index (χ1v) is 6.48. The molecule has 102 valence electrons. The van der Waals surface area contributed by atoms with Gasteiger partial charge < -0.3 is 10.2 Å². The van der Waals surface area contributed by atoms with Crippen molar-refractivity contribution in [2.75, 3.05) is 0 Å². The van der Waals surface area contributed by atoms with E-state index in [1.54, 1.807) is 16.8 Å². The van der Waals surface area contributed by atoms with Gasteiger partial charge in [-0.15, -0.1) is 0 Å². The number of nitrogens with two attached hydrogens (primary N) is 1. The molecule has 0 unspecified atom stereocenters. The van der Waals surface area contributed by atoms with Gasteiger partial charge in [0.2, 0.25) is 5.78 Å². The van der Waals surface area contributed by atoms with Crippen molar-refractivity contribution in [3.8, 4) is 0 Å². The fraction of sp³-hybridized carbons (Fsp3) is 0.385. The molecular formula is C13H16ClN3O2. The molecule has 0 aliphatic rings. The lowest BCUT2D eigenvalue weighted by atomic mass is 10.1. The van der Waals surface area contributed by atoms with Crippen molar-refractivity contribution in [2.24, 2.45) is 5.73 Å². The number of ketones is 1. The minimum atomic E-state index is -0.129. The highest BCUT2D eigenvalue weighted by Crippen LogP contribution is 2.22. The standard InChI is InChI=1S/C13H16ClN3O2/c1-3-17-10(13(14)8(2)16-17)6-11(18)12-5-4-9(7-15)19-12/h4-5H,3,6-7,15H2,1-2H3. The number of carbonyl (C=O) groups excluding carboxylic acids is 1. The molecule has 0 aliphatic heterocycles. The van der Waals surface area contributed by atoms with Crippen molar-refractivity contribution in [1.82, 2.24) is 9.78 Å². The van der Waals surface area contributed by atoms with Crippen molar-refractivity contribution in [1.29, 1.82) is 0 Å². The Morgan fingerprint density at radius 1 is 1.53 bits per heavy atom. The Morgan fingerprint density at radius 2 is 2.26 bits per heavy atom. The Balaban J connectivity index is 2.23. The number of nitrogens with zero attached hydrogens (tertiary/aromatic N) is 2. The minimum Gasteiger partial charge on any atom is -0.457 e. The summed E-state index contributed by atoms with van der Waals surface area (Å²) in [7, 11) is 0. The van der Waals surface area contributed by atoms with E-state index in [1.807, 2.05) is 13.8 Å². The monoisotopic (exact) mass is 281 g/mol. The average molecular weight is 282 g/mol. The molecule has 5 nitrogen and oxygen atoms in total. The molecule has 0 atom stereocenters. The van der Waals surface area contributed by atoms with E-state index in [9.17, 15) is 4.79 Å². The Morgan fingerprint density at radius 3 is 2.84 bits per heavy atom. The van der Waals surface area contributed by atoms with Crippen LogP contribution in [0.2, 0.25) is 5.02 Å². The van der Waals surface area contributed by atoms with Crippen LogP contribution in [0.1, 0.15) is 34.6 Å². The van der Waals surface area contributed by atoms with Crippen LogP contribution in [0.25, 0.3) is 0 Å². The normalized spacial score (nSPS) is 10.9. The van der Waals surface area contributed by atoms with Crippen LogP contribution in [0, 0.1) is 6.92 Å². The maximum Gasteiger partial charge on any atom is 0.203 e. The van der Waals surface area contributed by atoms with Gasteiger partial charge in [0.05, 0.1) is 29.4 Å². The highest BCUT2D eigenvalue weighted by Gasteiger charge is 2.19. The Hall–Kier alpha value is -1.59. The molecule has 2 aromatic rings. The summed E-state index contributed by atoms with van der Waals surface area (Å²) in [6.45, 7) is 4.72. The van der Waals surface area contributed by atoms with E-state index in [4.69, 9.17) is 21.8 Å². The lowest BCUT2D eigenvalue weighted by molar-refractivity contribution is 0.0962. The SMILES string of the molecule is CCn1nc(C)c(Cl)c1CC(=O)c1ccc(CN)o1. The van der Waals surface area contributed by atoms with Crippen molar-refractivity contribution >= 4 is 17.4 Å². The molecule has 2 N–H and O–H groups in total. The zero-order chi connectivity index (χ0) is 14.0. The molecule has 19 heavy (non-hydrogen) atoms. The summed E-state index contributed by atoms with van der Waals surface area (Å²) in [5.74, 6) is 0.767. The third-order valence-electron chi connectivity index (χ3n) is 2.92. The van der Waals surface area contributed by atoms with Gasteiger partial charge in [-0.1, -0.05) is 11.6 Å². The van der Waals surface area contributed by atoms with Crippen LogP contribution >= 0.6 is 11.6 Å². The second kappa shape index (κ2) is 5.59. The number of hydrogen-bond acceptors (Lipinski definition) is 4. The van der Waals surface area contributed by atoms with E-state index in [-0.39, 0.29) is 18.7 Å². The molecule has 0 aromatic carbocycles. The minimum absolute atomic E-state index is 0.129. The van der Waals surface area contributed by atoms with Crippen molar-refractivity contribution in [3.63, 3.8) is 0 Å².